The van der Waals surface area contributed by atoms with Crippen molar-refractivity contribution in [2.24, 2.45) is 0 Å². The SMILES string of the molecule is CC(NS(=O)(=O)c1cc(Cl)ccc1N)c1ccccn1. The summed E-state index contributed by atoms with van der Waals surface area (Å²) in [6, 6.07) is 9.15. The zero-order valence-corrected chi connectivity index (χ0v) is 12.3. The number of anilines is 1. The van der Waals surface area contributed by atoms with E-state index < -0.39 is 16.1 Å². The fourth-order valence-electron chi connectivity index (χ4n) is 1.73. The Morgan fingerprint density at radius 3 is 2.70 bits per heavy atom. The molecule has 0 saturated carbocycles. The lowest BCUT2D eigenvalue weighted by Gasteiger charge is -2.15. The molecule has 0 aliphatic heterocycles. The Balaban J connectivity index is 2.30. The van der Waals surface area contributed by atoms with Crippen molar-refractivity contribution in [2.45, 2.75) is 17.9 Å². The van der Waals surface area contributed by atoms with Crippen LogP contribution in [0.25, 0.3) is 0 Å². The average Bonchev–Trinajstić information content (AvgIpc) is 2.42. The molecule has 0 radical (unpaired) electrons. The fraction of sp³-hybridized carbons (Fsp3) is 0.154. The fourth-order valence-corrected chi connectivity index (χ4v) is 3.34. The first-order valence-electron chi connectivity index (χ1n) is 5.88. The number of nitrogens with zero attached hydrogens (tertiary/aromatic N) is 1. The van der Waals surface area contributed by atoms with Gasteiger partial charge in [0.2, 0.25) is 10.0 Å². The number of hydrogen-bond acceptors (Lipinski definition) is 4. The Morgan fingerprint density at radius 1 is 1.30 bits per heavy atom. The van der Waals surface area contributed by atoms with Crippen LogP contribution in [-0.4, -0.2) is 13.4 Å². The standard InChI is InChI=1S/C13H14ClN3O2S/c1-9(12-4-2-3-7-16-12)17-20(18,19)13-8-10(14)5-6-11(13)15/h2-9,17H,15H2,1H3. The van der Waals surface area contributed by atoms with Crippen molar-refractivity contribution in [3.63, 3.8) is 0 Å². The summed E-state index contributed by atoms with van der Waals surface area (Å²) in [6.45, 7) is 1.71. The number of nitrogens with two attached hydrogens (primary N) is 1. The monoisotopic (exact) mass is 311 g/mol. The van der Waals surface area contributed by atoms with Crippen LogP contribution in [0.3, 0.4) is 0 Å². The van der Waals surface area contributed by atoms with Gasteiger partial charge in [0.05, 0.1) is 17.4 Å². The van der Waals surface area contributed by atoms with Crippen LogP contribution in [-0.2, 0) is 10.0 Å². The minimum absolute atomic E-state index is 0.0345. The lowest BCUT2D eigenvalue weighted by Crippen LogP contribution is -2.28. The maximum atomic E-state index is 12.3. The van der Waals surface area contributed by atoms with Gasteiger partial charge in [0.15, 0.2) is 0 Å². The molecule has 0 aliphatic carbocycles. The summed E-state index contributed by atoms with van der Waals surface area (Å²) in [5, 5.41) is 0.310. The van der Waals surface area contributed by atoms with E-state index in [0.717, 1.165) is 0 Å². The number of sulfonamides is 1. The summed E-state index contributed by atoms with van der Waals surface area (Å²) < 4.78 is 27.2. The first-order valence-corrected chi connectivity index (χ1v) is 7.74. The molecule has 1 atom stereocenters. The number of halogens is 1. The highest BCUT2D eigenvalue weighted by Crippen LogP contribution is 2.24. The molecule has 2 aromatic rings. The van der Waals surface area contributed by atoms with E-state index in [1.54, 1.807) is 31.3 Å². The second-order valence-electron chi connectivity index (χ2n) is 4.28. The second kappa shape index (κ2) is 5.78. The van der Waals surface area contributed by atoms with Crippen molar-refractivity contribution in [2.75, 3.05) is 5.73 Å². The molecule has 0 amide bonds. The number of nitrogens with one attached hydrogen (secondary N) is 1. The predicted octanol–water partition coefficient (Wildman–Crippen LogP) is 2.36. The number of hydrogen-bond donors (Lipinski definition) is 2. The lowest BCUT2D eigenvalue weighted by molar-refractivity contribution is 0.564. The molecule has 5 nitrogen and oxygen atoms in total. The third-order valence-corrected chi connectivity index (χ3v) is 4.56. The van der Waals surface area contributed by atoms with E-state index in [0.29, 0.717) is 10.7 Å². The van der Waals surface area contributed by atoms with Crippen molar-refractivity contribution >= 4 is 27.3 Å². The molecule has 0 fully saturated rings. The molecular formula is C13H14ClN3O2S. The normalized spacial score (nSPS) is 13.1. The predicted molar refractivity (Wildman–Crippen MR) is 78.8 cm³/mol. The van der Waals surface area contributed by atoms with Gasteiger partial charge in [0, 0.05) is 11.2 Å². The molecule has 3 N–H and O–H groups in total. The van der Waals surface area contributed by atoms with Crippen molar-refractivity contribution in [1.29, 1.82) is 0 Å². The number of aromatic nitrogens is 1. The molecule has 0 saturated heterocycles. The minimum Gasteiger partial charge on any atom is -0.398 e. The summed E-state index contributed by atoms with van der Waals surface area (Å²) in [4.78, 5) is 4.08. The molecule has 1 aromatic carbocycles. The molecule has 1 aromatic heterocycles. The summed E-state index contributed by atoms with van der Waals surface area (Å²) in [7, 11) is -3.76. The van der Waals surface area contributed by atoms with E-state index >= 15 is 0 Å². The van der Waals surface area contributed by atoms with Crippen molar-refractivity contribution in [3.8, 4) is 0 Å². The van der Waals surface area contributed by atoms with Gasteiger partial charge >= 0.3 is 0 Å². The number of rotatable bonds is 4. The molecule has 2 rings (SSSR count). The van der Waals surface area contributed by atoms with E-state index in [2.05, 4.69) is 9.71 Å². The van der Waals surface area contributed by atoms with Gasteiger partial charge in [0.25, 0.3) is 0 Å². The Bertz CT molecular complexity index is 705. The maximum absolute atomic E-state index is 12.3. The van der Waals surface area contributed by atoms with Gasteiger partial charge in [-0.3, -0.25) is 4.98 Å². The molecule has 1 heterocycles. The van der Waals surface area contributed by atoms with E-state index in [1.165, 1.54) is 18.2 Å². The Kier molecular flexibility index (Phi) is 4.27. The van der Waals surface area contributed by atoms with Gasteiger partial charge in [-0.1, -0.05) is 17.7 Å². The summed E-state index contributed by atoms with van der Waals surface area (Å²) in [5.41, 5.74) is 6.47. The molecular weight excluding hydrogens is 298 g/mol. The van der Waals surface area contributed by atoms with Gasteiger partial charge in [-0.25, -0.2) is 13.1 Å². The van der Waals surface area contributed by atoms with Crippen LogP contribution < -0.4 is 10.5 Å². The highest BCUT2D eigenvalue weighted by Gasteiger charge is 2.21. The molecule has 1 unspecified atom stereocenters. The largest absolute Gasteiger partial charge is 0.398 e. The highest BCUT2D eigenvalue weighted by molar-refractivity contribution is 7.89. The third-order valence-electron chi connectivity index (χ3n) is 2.73. The minimum atomic E-state index is -3.76. The Morgan fingerprint density at radius 2 is 2.05 bits per heavy atom. The van der Waals surface area contributed by atoms with Crippen LogP contribution >= 0.6 is 11.6 Å². The summed E-state index contributed by atoms with van der Waals surface area (Å²) in [5.74, 6) is 0. The van der Waals surface area contributed by atoms with E-state index in [4.69, 9.17) is 17.3 Å². The molecule has 0 aliphatic rings. The third kappa shape index (κ3) is 3.27. The average molecular weight is 312 g/mol. The van der Waals surface area contributed by atoms with E-state index in [-0.39, 0.29) is 10.6 Å². The quantitative estimate of drug-likeness (QED) is 0.849. The van der Waals surface area contributed by atoms with Crippen LogP contribution in [0.1, 0.15) is 18.7 Å². The van der Waals surface area contributed by atoms with Gasteiger partial charge in [0.1, 0.15) is 4.90 Å². The molecule has 20 heavy (non-hydrogen) atoms. The van der Waals surface area contributed by atoms with Crippen LogP contribution in [0.4, 0.5) is 5.69 Å². The summed E-state index contributed by atoms with van der Waals surface area (Å²) in [6.07, 6.45) is 1.61. The molecule has 0 bridgehead atoms. The number of benzene rings is 1. The van der Waals surface area contributed by atoms with Crippen molar-refractivity contribution in [1.82, 2.24) is 9.71 Å². The zero-order valence-electron chi connectivity index (χ0n) is 10.7. The first-order chi connectivity index (χ1) is 9.40. The second-order valence-corrected chi connectivity index (χ2v) is 6.40. The van der Waals surface area contributed by atoms with Crippen LogP contribution in [0.15, 0.2) is 47.5 Å². The summed E-state index contributed by atoms with van der Waals surface area (Å²) >= 11 is 5.82. The van der Waals surface area contributed by atoms with Crippen LogP contribution in [0.5, 0.6) is 0 Å². The smallest absolute Gasteiger partial charge is 0.243 e. The van der Waals surface area contributed by atoms with Gasteiger partial charge < -0.3 is 5.73 Å². The molecule has 0 spiro atoms. The highest BCUT2D eigenvalue weighted by atomic mass is 35.5. The number of pyridine rings is 1. The van der Waals surface area contributed by atoms with Crippen molar-refractivity contribution in [3.05, 3.63) is 53.3 Å². The molecule has 106 valence electrons. The zero-order chi connectivity index (χ0) is 14.8. The van der Waals surface area contributed by atoms with Gasteiger partial charge in [-0.05, 0) is 37.3 Å². The lowest BCUT2D eigenvalue weighted by atomic mass is 10.2. The van der Waals surface area contributed by atoms with Gasteiger partial charge in [-0.2, -0.15) is 0 Å². The van der Waals surface area contributed by atoms with Crippen LogP contribution in [0, 0.1) is 0 Å². The maximum Gasteiger partial charge on any atom is 0.243 e. The Hall–Kier alpha value is -1.63. The van der Waals surface area contributed by atoms with E-state index in [9.17, 15) is 8.42 Å². The topological polar surface area (TPSA) is 85.1 Å². The van der Waals surface area contributed by atoms with Crippen LogP contribution in [0.2, 0.25) is 5.02 Å². The molecule has 7 heteroatoms. The van der Waals surface area contributed by atoms with E-state index in [1.807, 2.05) is 0 Å². The Labute approximate surface area is 122 Å². The van der Waals surface area contributed by atoms with Gasteiger partial charge in [-0.15, -0.1) is 0 Å². The van der Waals surface area contributed by atoms with Crippen molar-refractivity contribution < 1.29 is 8.42 Å². The number of nitrogen functional groups attached to an aromatic ring is 1. The first kappa shape index (κ1) is 14.8.